The van der Waals surface area contributed by atoms with Crippen LogP contribution in [0.3, 0.4) is 0 Å². The van der Waals surface area contributed by atoms with Gasteiger partial charge in [-0.1, -0.05) is 0 Å². The average molecular weight is 494 g/mol. The minimum Gasteiger partial charge on any atom is -0.454 e. The van der Waals surface area contributed by atoms with Gasteiger partial charge in [0.05, 0.1) is 5.71 Å². The van der Waals surface area contributed by atoms with Crippen LogP contribution in [0.1, 0.15) is 61.5 Å². The predicted molar refractivity (Wildman–Crippen MR) is 135 cm³/mol. The number of nitrogens with zero attached hydrogens (tertiary/aromatic N) is 2. The number of anilines is 1. The molecule has 2 amide bonds. The van der Waals surface area contributed by atoms with E-state index in [2.05, 4.69) is 5.32 Å². The van der Waals surface area contributed by atoms with Gasteiger partial charge in [0, 0.05) is 37.0 Å². The Morgan fingerprint density at radius 3 is 2.56 bits per heavy atom. The lowest BCUT2D eigenvalue weighted by Gasteiger charge is -2.24. The number of carbonyl (C=O) groups excluding carboxylic acids is 3. The summed E-state index contributed by atoms with van der Waals surface area (Å²) in [5.74, 6) is 0.229. The Morgan fingerprint density at radius 2 is 1.83 bits per heavy atom. The molecule has 2 aromatic rings. The summed E-state index contributed by atoms with van der Waals surface area (Å²) in [6.07, 6.45) is 0.168. The zero-order valence-corrected chi connectivity index (χ0v) is 21.2. The number of hydrogen-bond acceptors (Lipinski definition) is 7. The van der Waals surface area contributed by atoms with E-state index in [0.29, 0.717) is 53.5 Å². The molecule has 2 heterocycles. The minimum atomic E-state index is -0.691. The monoisotopic (exact) mass is 493 g/mol. The van der Waals surface area contributed by atoms with Crippen LogP contribution in [0.25, 0.3) is 0 Å². The number of hydrogen-bond donors (Lipinski definition) is 1. The van der Waals surface area contributed by atoms with Gasteiger partial charge in [-0.15, -0.1) is 0 Å². The van der Waals surface area contributed by atoms with Gasteiger partial charge in [-0.25, -0.2) is 4.79 Å². The number of amides is 2. The van der Waals surface area contributed by atoms with Crippen LogP contribution in [0.15, 0.2) is 41.4 Å². The lowest BCUT2D eigenvalue weighted by atomic mass is 9.89. The van der Waals surface area contributed by atoms with Crippen molar-refractivity contribution in [3.63, 3.8) is 0 Å². The molecule has 1 N–H and O–H groups in total. The molecule has 2 aliphatic rings. The molecule has 0 saturated carbocycles. The Kier molecular flexibility index (Phi) is 7.01. The third-order valence-electron chi connectivity index (χ3n) is 5.87. The number of nitrogens with one attached hydrogen (secondary N) is 1. The lowest BCUT2D eigenvalue weighted by molar-refractivity contribution is -0.115. The molecule has 1 unspecified atom stereocenters. The fourth-order valence-electron chi connectivity index (χ4n) is 4.10. The normalized spacial score (nSPS) is 16.4. The fourth-order valence-corrected chi connectivity index (χ4v) is 4.10. The molecule has 190 valence electrons. The van der Waals surface area contributed by atoms with Gasteiger partial charge in [0.25, 0.3) is 0 Å². The van der Waals surface area contributed by atoms with E-state index >= 15 is 0 Å². The molecule has 0 aromatic heterocycles. The van der Waals surface area contributed by atoms with Crippen LogP contribution >= 0.6 is 0 Å². The van der Waals surface area contributed by atoms with Crippen molar-refractivity contribution in [3.05, 3.63) is 53.1 Å². The second kappa shape index (κ2) is 10.0. The first kappa shape index (κ1) is 25.2. The number of rotatable bonds is 7. The number of fused-ring (bicyclic) bond motifs is 2. The van der Waals surface area contributed by atoms with Crippen LogP contribution in [0.2, 0.25) is 0 Å². The minimum absolute atomic E-state index is 0.0809. The van der Waals surface area contributed by atoms with Gasteiger partial charge >= 0.3 is 6.09 Å². The molecule has 0 radical (unpaired) electrons. The second-order valence-electron chi connectivity index (χ2n) is 9.87. The largest absolute Gasteiger partial charge is 0.454 e. The summed E-state index contributed by atoms with van der Waals surface area (Å²) >= 11 is 0. The van der Waals surface area contributed by atoms with E-state index in [0.717, 1.165) is 5.56 Å². The smallest absolute Gasteiger partial charge is 0.410 e. The van der Waals surface area contributed by atoms with Crippen molar-refractivity contribution in [2.75, 3.05) is 32.2 Å². The first-order valence-corrected chi connectivity index (χ1v) is 11.9. The molecule has 0 aliphatic carbocycles. The molecule has 9 nitrogen and oxygen atoms in total. The number of ether oxygens (including phenoxy) is 3. The molecule has 0 spiro atoms. The van der Waals surface area contributed by atoms with E-state index in [-0.39, 0.29) is 18.5 Å². The van der Waals surface area contributed by atoms with Gasteiger partial charge in [-0.3, -0.25) is 14.6 Å². The van der Waals surface area contributed by atoms with Gasteiger partial charge in [0.15, 0.2) is 17.3 Å². The SMILES string of the molecule is CC(=O)c1ccc2c(c1)C(C(=NCCCN(C)C(=O)OC(C)(C)C)c1ccc3c(c1)OCO3)C(=O)N2. The van der Waals surface area contributed by atoms with Gasteiger partial charge in [0.2, 0.25) is 12.7 Å². The van der Waals surface area contributed by atoms with Crippen LogP contribution < -0.4 is 14.8 Å². The second-order valence-corrected chi connectivity index (χ2v) is 9.87. The van der Waals surface area contributed by atoms with Crippen molar-refractivity contribution in [1.82, 2.24) is 4.90 Å². The van der Waals surface area contributed by atoms with Crippen molar-refractivity contribution in [2.24, 2.45) is 4.99 Å². The van der Waals surface area contributed by atoms with Crippen molar-refractivity contribution in [2.45, 2.75) is 45.6 Å². The summed E-state index contributed by atoms with van der Waals surface area (Å²) < 4.78 is 16.4. The molecule has 2 aromatic carbocycles. The van der Waals surface area contributed by atoms with E-state index in [1.807, 2.05) is 32.9 Å². The molecule has 4 rings (SSSR count). The van der Waals surface area contributed by atoms with E-state index in [1.165, 1.54) is 11.8 Å². The average Bonchev–Trinajstić information content (AvgIpc) is 3.40. The maximum Gasteiger partial charge on any atom is 0.410 e. The van der Waals surface area contributed by atoms with Crippen molar-refractivity contribution >= 4 is 29.2 Å². The maximum absolute atomic E-state index is 13.1. The number of ketones is 1. The fraction of sp³-hybridized carbons (Fsp3) is 0.407. The van der Waals surface area contributed by atoms with Crippen LogP contribution in [0, 0.1) is 0 Å². The van der Waals surface area contributed by atoms with Crippen molar-refractivity contribution in [1.29, 1.82) is 0 Å². The highest BCUT2D eigenvalue weighted by atomic mass is 16.7. The van der Waals surface area contributed by atoms with Crippen LogP contribution in [-0.2, 0) is 9.53 Å². The summed E-state index contributed by atoms with van der Waals surface area (Å²) in [5, 5.41) is 2.91. The molecule has 1 atom stereocenters. The standard InChI is InChI=1S/C27H31N3O6/c1-16(31)17-7-9-20-19(13-17)23(25(32)29-20)24(18-8-10-21-22(14-18)35-15-34-21)28-11-6-12-30(5)26(33)36-27(2,3)4/h7-10,13-14,23H,6,11-12,15H2,1-5H3,(H,29,32). The third kappa shape index (κ3) is 5.50. The highest BCUT2D eigenvalue weighted by Gasteiger charge is 2.36. The lowest BCUT2D eigenvalue weighted by Crippen LogP contribution is -2.35. The molecule has 0 saturated heterocycles. The van der Waals surface area contributed by atoms with E-state index < -0.39 is 17.6 Å². The molecule has 0 fully saturated rings. The highest BCUT2D eigenvalue weighted by Crippen LogP contribution is 2.39. The topological polar surface area (TPSA) is 107 Å². The van der Waals surface area contributed by atoms with Crippen LogP contribution in [-0.4, -0.2) is 60.9 Å². The van der Waals surface area contributed by atoms with Crippen molar-refractivity contribution < 1.29 is 28.6 Å². The zero-order valence-electron chi connectivity index (χ0n) is 21.2. The maximum atomic E-state index is 13.1. The Balaban J connectivity index is 1.61. The number of aliphatic imine (C=N–C) groups is 1. The number of Topliss-reactive ketones (excluding diaryl/α,β-unsaturated/α-hetero) is 1. The first-order valence-electron chi connectivity index (χ1n) is 11.9. The van der Waals surface area contributed by atoms with Gasteiger partial charge in [-0.2, -0.15) is 0 Å². The molecule has 0 bridgehead atoms. The Morgan fingerprint density at radius 1 is 1.11 bits per heavy atom. The Bertz CT molecular complexity index is 1230. The number of carbonyl (C=O) groups is 3. The van der Waals surface area contributed by atoms with E-state index in [4.69, 9.17) is 19.2 Å². The Hall–Kier alpha value is -3.88. The molecular weight excluding hydrogens is 462 g/mol. The highest BCUT2D eigenvalue weighted by molar-refractivity contribution is 6.24. The van der Waals surface area contributed by atoms with Crippen LogP contribution in [0.5, 0.6) is 11.5 Å². The molecule has 2 aliphatic heterocycles. The van der Waals surface area contributed by atoms with Crippen LogP contribution in [0.4, 0.5) is 10.5 Å². The van der Waals surface area contributed by atoms with E-state index in [1.54, 1.807) is 31.3 Å². The summed E-state index contributed by atoms with van der Waals surface area (Å²) in [7, 11) is 1.68. The van der Waals surface area contributed by atoms with E-state index in [9.17, 15) is 14.4 Å². The predicted octanol–water partition coefficient (Wildman–Crippen LogP) is 4.40. The number of benzene rings is 2. The molecular formula is C27H31N3O6. The third-order valence-corrected chi connectivity index (χ3v) is 5.87. The van der Waals surface area contributed by atoms with Gasteiger partial charge in [0.1, 0.15) is 11.5 Å². The van der Waals surface area contributed by atoms with Crippen molar-refractivity contribution in [3.8, 4) is 11.5 Å². The quantitative estimate of drug-likeness (QED) is 0.348. The molecule has 9 heteroatoms. The van der Waals surface area contributed by atoms with Gasteiger partial charge < -0.3 is 24.4 Å². The summed E-state index contributed by atoms with van der Waals surface area (Å²) in [4.78, 5) is 43.7. The molecule has 36 heavy (non-hydrogen) atoms. The Labute approximate surface area is 210 Å². The summed E-state index contributed by atoms with van der Waals surface area (Å²) in [6.45, 7) is 7.91. The zero-order chi connectivity index (χ0) is 26.0. The summed E-state index contributed by atoms with van der Waals surface area (Å²) in [5.41, 5.74) is 2.60. The van der Waals surface area contributed by atoms with Gasteiger partial charge in [-0.05, 0) is 76.1 Å². The summed E-state index contributed by atoms with van der Waals surface area (Å²) in [6, 6.07) is 10.7. The first-order chi connectivity index (χ1) is 17.0.